The molecule has 6 N–H and O–H groups in total. The molecule has 0 bridgehead atoms. The number of phenols is 6. The van der Waals surface area contributed by atoms with Gasteiger partial charge in [-0.15, -0.1) is 0 Å². The van der Waals surface area contributed by atoms with Crippen LogP contribution in [0.2, 0.25) is 10.0 Å². The second-order valence-corrected chi connectivity index (χ2v) is 12.4. The quantitative estimate of drug-likeness (QED) is 0.0990. The standard InChI is InChI=1S/C37H30Cl2O8/c38-25-3-7-31(42)21(15-25)11-19-1-5-29(40)23(13-19)17-27-35(45)28(37-34(36(27)46)33(44)9-10-47-37)18-24-14-20(2-6-30(24)41)12-22-16-26(39)4-8-32(22)43/h1-8,13-16,40-43,45-46H,9-12,17-18H2. The van der Waals surface area contributed by atoms with Gasteiger partial charge in [0.25, 0.3) is 0 Å². The minimum Gasteiger partial charge on any atom is -0.508 e. The highest BCUT2D eigenvalue weighted by Crippen LogP contribution is 2.47. The molecule has 5 aromatic carbocycles. The molecule has 1 aliphatic rings. The summed E-state index contributed by atoms with van der Waals surface area (Å²) >= 11 is 12.2. The van der Waals surface area contributed by atoms with Crippen LogP contribution in [0, 0.1) is 0 Å². The van der Waals surface area contributed by atoms with E-state index in [1.807, 2.05) is 0 Å². The zero-order valence-electron chi connectivity index (χ0n) is 24.9. The van der Waals surface area contributed by atoms with Gasteiger partial charge in [0.2, 0.25) is 0 Å². The van der Waals surface area contributed by atoms with Crippen LogP contribution in [0.25, 0.3) is 0 Å². The molecule has 0 unspecified atom stereocenters. The molecule has 5 aromatic rings. The lowest BCUT2D eigenvalue weighted by atomic mass is 9.88. The topological polar surface area (TPSA) is 148 Å². The molecule has 0 aliphatic carbocycles. The molecule has 0 fully saturated rings. The van der Waals surface area contributed by atoms with E-state index in [9.17, 15) is 35.4 Å². The number of Topliss-reactive ketones (excluding diaryl/α,β-unsaturated/α-hetero) is 1. The summed E-state index contributed by atoms with van der Waals surface area (Å²) in [5, 5.41) is 66.1. The summed E-state index contributed by atoms with van der Waals surface area (Å²) in [5.41, 5.74) is 3.52. The maximum atomic E-state index is 13.1. The van der Waals surface area contributed by atoms with E-state index in [4.69, 9.17) is 27.9 Å². The third kappa shape index (κ3) is 6.61. The lowest BCUT2D eigenvalue weighted by Gasteiger charge is -2.24. The van der Waals surface area contributed by atoms with Crippen molar-refractivity contribution >= 4 is 29.0 Å². The summed E-state index contributed by atoms with van der Waals surface area (Å²) in [5.74, 6) is -1.15. The maximum Gasteiger partial charge on any atom is 0.173 e. The zero-order chi connectivity index (χ0) is 33.4. The van der Waals surface area contributed by atoms with Gasteiger partial charge in [-0.1, -0.05) is 47.5 Å². The fourth-order valence-electron chi connectivity index (χ4n) is 5.92. The van der Waals surface area contributed by atoms with Gasteiger partial charge < -0.3 is 35.4 Å². The van der Waals surface area contributed by atoms with Crippen molar-refractivity contribution in [2.24, 2.45) is 0 Å². The second-order valence-electron chi connectivity index (χ2n) is 11.6. The number of ketones is 1. The molecule has 0 spiro atoms. The first-order valence-electron chi connectivity index (χ1n) is 14.8. The van der Waals surface area contributed by atoms with Crippen LogP contribution in [-0.2, 0) is 25.7 Å². The number of carbonyl (C=O) groups is 1. The molecule has 1 heterocycles. The molecule has 0 aromatic heterocycles. The second kappa shape index (κ2) is 13.0. The van der Waals surface area contributed by atoms with E-state index in [0.717, 1.165) is 11.1 Å². The highest BCUT2D eigenvalue weighted by Gasteiger charge is 2.32. The summed E-state index contributed by atoms with van der Waals surface area (Å²) < 4.78 is 5.83. The number of rotatable bonds is 8. The smallest absolute Gasteiger partial charge is 0.173 e. The predicted octanol–water partition coefficient (Wildman–Crippen LogP) is 7.56. The van der Waals surface area contributed by atoms with Gasteiger partial charge in [0, 0.05) is 53.3 Å². The van der Waals surface area contributed by atoms with E-state index in [2.05, 4.69) is 0 Å². The van der Waals surface area contributed by atoms with Crippen LogP contribution in [-0.4, -0.2) is 43.0 Å². The van der Waals surface area contributed by atoms with E-state index >= 15 is 0 Å². The average Bonchev–Trinajstić information content (AvgIpc) is 3.03. The van der Waals surface area contributed by atoms with Gasteiger partial charge in [-0.25, -0.2) is 0 Å². The van der Waals surface area contributed by atoms with E-state index in [1.165, 1.54) is 24.3 Å². The Balaban J connectivity index is 1.39. The molecule has 0 atom stereocenters. The van der Waals surface area contributed by atoms with E-state index in [1.54, 1.807) is 48.5 Å². The predicted molar refractivity (Wildman–Crippen MR) is 178 cm³/mol. The van der Waals surface area contributed by atoms with Gasteiger partial charge in [0.05, 0.1) is 6.61 Å². The van der Waals surface area contributed by atoms with E-state index in [0.29, 0.717) is 45.1 Å². The average molecular weight is 674 g/mol. The van der Waals surface area contributed by atoms with Crippen molar-refractivity contribution in [3.05, 3.63) is 133 Å². The van der Waals surface area contributed by atoms with Gasteiger partial charge in [-0.05, 0) is 81.9 Å². The SMILES string of the molecule is O=C1CCOc2c(Cc3cc(Cc4cc(Cl)ccc4O)ccc3O)c(O)c(Cc3cc(Cc4cc(Cl)ccc4O)ccc3O)c(O)c21. The van der Waals surface area contributed by atoms with Crippen molar-refractivity contribution in [1.82, 2.24) is 0 Å². The van der Waals surface area contributed by atoms with Crippen LogP contribution in [0.5, 0.6) is 40.2 Å². The first kappa shape index (κ1) is 31.9. The minimum absolute atomic E-state index is 0.00940. The number of fused-ring (bicyclic) bond motifs is 1. The normalized spacial score (nSPS) is 12.5. The molecule has 0 saturated heterocycles. The van der Waals surface area contributed by atoms with Crippen LogP contribution in [0.1, 0.15) is 61.3 Å². The lowest BCUT2D eigenvalue weighted by Crippen LogP contribution is -2.18. The summed E-state index contributed by atoms with van der Waals surface area (Å²) in [4.78, 5) is 13.1. The van der Waals surface area contributed by atoms with Crippen molar-refractivity contribution < 1.29 is 40.2 Å². The van der Waals surface area contributed by atoms with Gasteiger partial charge in [0.1, 0.15) is 45.8 Å². The fourth-order valence-corrected chi connectivity index (χ4v) is 6.31. The largest absolute Gasteiger partial charge is 0.508 e. The Morgan fingerprint density at radius 3 is 1.51 bits per heavy atom. The number of ether oxygens (including phenoxy) is 1. The Hall–Kier alpha value is -5.05. The Kier molecular flexibility index (Phi) is 8.82. The van der Waals surface area contributed by atoms with Crippen LogP contribution >= 0.6 is 23.2 Å². The number of benzene rings is 5. The molecule has 47 heavy (non-hydrogen) atoms. The highest BCUT2D eigenvalue weighted by atomic mass is 35.5. The summed E-state index contributed by atoms with van der Waals surface area (Å²) in [6.45, 7) is 0.0519. The number of phenolic OH excluding ortho intramolecular Hbond substituents is 6. The number of hydrogen-bond acceptors (Lipinski definition) is 8. The Morgan fingerprint density at radius 1 is 0.553 bits per heavy atom. The number of halogens is 2. The number of aromatic hydroxyl groups is 6. The molecular formula is C37H30Cl2O8. The van der Waals surface area contributed by atoms with Gasteiger partial charge in [0.15, 0.2) is 5.78 Å². The Bertz CT molecular complexity index is 2040. The first-order valence-corrected chi connectivity index (χ1v) is 15.6. The Morgan fingerprint density at radius 2 is 1.00 bits per heavy atom. The van der Waals surface area contributed by atoms with Crippen molar-refractivity contribution in [3.8, 4) is 40.2 Å². The van der Waals surface area contributed by atoms with Crippen LogP contribution < -0.4 is 4.74 Å². The monoisotopic (exact) mass is 672 g/mol. The third-order valence-corrected chi connectivity index (χ3v) is 8.81. The number of carbonyl (C=O) groups excluding carboxylic acids is 1. The van der Waals surface area contributed by atoms with Crippen LogP contribution in [0.4, 0.5) is 0 Å². The summed E-state index contributed by atoms with van der Waals surface area (Å²) in [7, 11) is 0. The van der Waals surface area contributed by atoms with Crippen molar-refractivity contribution in [3.63, 3.8) is 0 Å². The van der Waals surface area contributed by atoms with Crippen molar-refractivity contribution in [2.45, 2.75) is 32.1 Å². The molecule has 0 radical (unpaired) electrons. The lowest BCUT2D eigenvalue weighted by molar-refractivity contribution is 0.0928. The Labute approximate surface area is 280 Å². The maximum absolute atomic E-state index is 13.1. The van der Waals surface area contributed by atoms with Crippen molar-refractivity contribution in [1.29, 1.82) is 0 Å². The van der Waals surface area contributed by atoms with Gasteiger partial charge >= 0.3 is 0 Å². The first-order chi connectivity index (χ1) is 22.5. The highest BCUT2D eigenvalue weighted by molar-refractivity contribution is 6.31. The summed E-state index contributed by atoms with van der Waals surface area (Å²) in [6, 6.07) is 19.2. The van der Waals surface area contributed by atoms with Gasteiger partial charge in [-0.3, -0.25) is 4.79 Å². The molecule has 6 rings (SSSR count). The minimum atomic E-state index is -0.447. The van der Waals surface area contributed by atoms with Crippen molar-refractivity contribution in [2.75, 3.05) is 6.61 Å². The summed E-state index contributed by atoms with van der Waals surface area (Å²) in [6.07, 6.45) is 0.421. The molecule has 0 saturated carbocycles. The number of hydrogen-bond donors (Lipinski definition) is 6. The molecule has 0 amide bonds. The molecule has 8 nitrogen and oxygen atoms in total. The molecule has 10 heteroatoms. The van der Waals surface area contributed by atoms with E-state index in [-0.39, 0.29) is 82.8 Å². The van der Waals surface area contributed by atoms with E-state index < -0.39 is 5.75 Å². The third-order valence-electron chi connectivity index (χ3n) is 8.34. The molecule has 240 valence electrons. The molecular weight excluding hydrogens is 643 g/mol. The fraction of sp³-hybridized carbons (Fsp3) is 0.162. The van der Waals surface area contributed by atoms with Crippen LogP contribution in [0.15, 0.2) is 72.8 Å². The van der Waals surface area contributed by atoms with Crippen LogP contribution in [0.3, 0.4) is 0 Å². The van der Waals surface area contributed by atoms with Gasteiger partial charge in [-0.2, -0.15) is 0 Å². The molecule has 1 aliphatic heterocycles. The zero-order valence-corrected chi connectivity index (χ0v) is 26.4.